The van der Waals surface area contributed by atoms with Crippen LogP contribution >= 0.6 is 12.4 Å². The summed E-state index contributed by atoms with van der Waals surface area (Å²) >= 11 is 0. The fraction of sp³-hybridized carbons (Fsp3) is 0.900. The van der Waals surface area contributed by atoms with E-state index >= 15 is 0 Å². The molecule has 0 aromatic rings. The Morgan fingerprint density at radius 1 is 0.815 bits per heavy atom. The summed E-state index contributed by atoms with van der Waals surface area (Å²) in [5.41, 5.74) is 6.38. The molecule has 0 radical (unpaired) electrons. The number of rotatable bonds is 2. The number of nitrogens with zero attached hydrogens (tertiary/aromatic N) is 2. The number of carbonyl (C=O) groups is 2. The lowest BCUT2D eigenvalue weighted by Crippen LogP contribution is -2.53. The van der Waals surface area contributed by atoms with Gasteiger partial charge in [-0.2, -0.15) is 0 Å². The van der Waals surface area contributed by atoms with Crippen molar-refractivity contribution in [2.45, 2.75) is 51.0 Å². The van der Waals surface area contributed by atoms with Gasteiger partial charge in [0.1, 0.15) is 0 Å². The first kappa shape index (κ1) is 20.9. The van der Waals surface area contributed by atoms with Crippen LogP contribution < -0.4 is 5.73 Å². The third-order valence-corrected chi connectivity index (χ3v) is 7.17. The van der Waals surface area contributed by atoms with Crippen LogP contribution in [0.25, 0.3) is 0 Å². The standard InChI is InChI=1S/C20H33N3O3.ClH/c21-18-14-3-1-4-15(18)12-17(11-14)20(25)23-6-2-5-16(13-23)19(24)22-7-9-26-10-8-22;/h14-18H,1-13,21H2;1H. The third kappa shape index (κ3) is 4.43. The zero-order chi connectivity index (χ0) is 18.1. The summed E-state index contributed by atoms with van der Waals surface area (Å²) in [6.45, 7) is 4.05. The quantitative estimate of drug-likeness (QED) is 0.766. The molecule has 2 aliphatic carbocycles. The number of carbonyl (C=O) groups excluding carboxylic acids is 2. The largest absolute Gasteiger partial charge is 0.378 e. The van der Waals surface area contributed by atoms with E-state index in [9.17, 15) is 9.59 Å². The number of fused-ring (bicyclic) bond motifs is 2. The van der Waals surface area contributed by atoms with E-state index in [0.29, 0.717) is 50.7 Å². The maximum atomic E-state index is 13.2. The predicted molar refractivity (Wildman–Crippen MR) is 105 cm³/mol. The number of likely N-dealkylation sites (tertiary alicyclic amines) is 1. The van der Waals surface area contributed by atoms with Gasteiger partial charge in [-0.25, -0.2) is 0 Å². The Bertz CT molecular complexity index is 527. The molecule has 154 valence electrons. The Balaban J connectivity index is 0.00000210. The molecule has 7 heteroatoms. The van der Waals surface area contributed by atoms with Crippen molar-refractivity contribution >= 4 is 24.2 Å². The Labute approximate surface area is 168 Å². The topological polar surface area (TPSA) is 75.9 Å². The van der Waals surface area contributed by atoms with Crippen LogP contribution in [0.15, 0.2) is 0 Å². The second kappa shape index (κ2) is 9.10. The van der Waals surface area contributed by atoms with Gasteiger partial charge in [0.2, 0.25) is 11.8 Å². The highest BCUT2D eigenvalue weighted by atomic mass is 35.5. The zero-order valence-corrected chi connectivity index (χ0v) is 17.0. The average molecular weight is 400 g/mol. The lowest BCUT2D eigenvalue weighted by molar-refractivity contribution is -0.146. The first-order chi connectivity index (χ1) is 12.6. The van der Waals surface area contributed by atoms with Crippen LogP contribution in [0.2, 0.25) is 0 Å². The Morgan fingerprint density at radius 2 is 1.44 bits per heavy atom. The molecule has 4 fully saturated rings. The van der Waals surface area contributed by atoms with E-state index in [2.05, 4.69) is 0 Å². The van der Waals surface area contributed by atoms with Crippen LogP contribution in [0.5, 0.6) is 0 Å². The van der Waals surface area contributed by atoms with E-state index in [-0.39, 0.29) is 36.1 Å². The predicted octanol–water partition coefficient (Wildman–Crippen LogP) is 1.66. The fourth-order valence-electron chi connectivity index (χ4n) is 5.67. The Kier molecular flexibility index (Phi) is 7.03. The van der Waals surface area contributed by atoms with Gasteiger partial charge in [0.15, 0.2) is 0 Å². The van der Waals surface area contributed by atoms with E-state index in [1.165, 1.54) is 19.3 Å². The molecule has 4 rings (SSSR count). The molecule has 4 aliphatic rings. The second-order valence-corrected chi connectivity index (χ2v) is 8.76. The Morgan fingerprint density at radius 3 is 2.11 bits per heavy atom. The van der Waals surface area contributed by atoms with Crippen LogP contribution in [0.3, 0.4) is 0 Å². The van der Waals surface area contributed by atoms with Gasteiger partial charge in [0, 0.05) is 38.1 Å². The van der Waals surface area contributed by atoms with Crippen LogP contribution in [0.1, 0.15) is 44.9 Å². The number of hydrogen-bond acceptors (Lipinski definition) is 4. The molecule has 6 nitrogen and oxygen atoms in total. The molecule has 2 aliphatic heterocycles. The molecule has 3 unspecified atom stereocenters. The van der Waals surface area contributed by atoms with Crippen molar-refractivity contribution in [1.82, 2.24) is 9.80 Å². The van der Waals surface area contributed by atoms with Crippen LogP contribution in [-0.2, 0) is 14.3 Å². The summed E-state index contributed by atoms with van der Waals surface area (Å²) in [7, 11) is 0. The van der Waals surface area contributed by atoms with Crippen molar-refractivity contribution in [2.75, 3.05) is 39.4 Å². The first-order valence-corrected chi connectivity index (χ1v) is 10.5. The molecule has 2 amide bonds. The maximum Gasteiger partial charge on any atom is 0.227 e. The van der Waals surface area contributed by atoms with Crippen molar-refractivity contribution in [3.63, 3.8) is 0 Å². The first-order valence-electron chi connectivity index (χ1n) is 10.5. The highest BCUT2D eigenvalue weighted by Gasteiger charge is 2.42. The molecule has 2 N–H and O–H groups in total. The van der Waals surface area contributed by atoms with Crippen LogP contribution in [-0.4, -0.2) is 67.0 Å². The van der Waals surface area contributed by atoms with E-state index in [1.54, 1.807) is 0 Å². The smallest absolute Gasteiger partial charge is 0.227 e. The number of halogens is 1. The number of amides is 2. The molecule has 0 spiro atoms. The minimum atomic E-state index is -0.0313. The number of hydrogen-bond donors (Lipinski definition) is 1. The van der Waals surface area contributed by atoms with Crippen molar-refractivity contribution in [3.8, 4) is 0 Å². The lowest BCUT2D eigenvalue weighted by atomic mass is 9.65. The van der Waals surface area contributed by atoms with E-state index in [0.717, 1.165) is 32.2 Å². The van der Waals surface area contributed by atoms with Gasteiger partial charge in [-0.1, -0.05) is 6.42 Å². The zero-order valence-electron chi connectivity index (χ0n) is 16.2. The lowest BCUT2D eigenvalue weighted by Gasteiger charge is -2.45. The average Bonchev–Trinajstić information content (AvgIpc) is 2.67. The van der Waals surface area contributed by atoms with Gasteiger partial charge in [0.25, 0.3) is 0 Å². The molecule has 3 atom stereocenters. The van der Waals surface area contributed by atoms with Gasteiger partial charge in [-0.3, -0.25) is 9.59 Å². The van der Waals surface area contributed by atoms with Crippen LogP contribution in [0.4, 0.5) is 0 Å². The van der Waals surface area contributed by atoms with Crippen LogP contribution in [0, 0.1) is 23.7 Å². The van der Waals surface area contributed by atoms with Gasteiger partial charge >= 0.3 is 0 Å². The highest BCUT2D eigenvalue weighted by Crippen LogP contribution is 2.42. The van der Waals surface area contributed by atoms with Crippen molar-refractivity contribution < 1.29 is 14.3 Å². The van der Waals surface area contributed by atoms with Gasteiger partial charge in [0.05, 0.1) is 19.1 Å². The van der Waals surface area contributed by atoms with E-state index in [1.807, 2.05) is 9.80 Å². The molecule has 2 saturated heterocycles. The number of morpholine rings is 1. The molecule has 0 aromatic heterocycles. The third-order valence-electron chi connectivity index (χ3n) is 7.17. The van der Waals surface area contributed by atoms with E-state index in [4.69, 9.17) is 10.5 Å². The minimum Gasteiger partial charge on any atom is -0.378 e. The van der Waals surface area contributed by atoms with Gasteiger partial charge in [-0.05, 0) is 50.4 Å². The Hall–Kier alpha value is -0.850. The monoisotopic (exact) mass is 399 g/mol. The molecule has 27 heavy (non-hydrogen) atoms. The summed E-state index contributed by atoms with van der Waals surface area (Å²) < 4.78 is 5.35. The van der Waals surface area contributed by atoms with Crippen molar-refractivity contribution in [3.05, 3.63) is 0 Å². The molecule has 2 bridgehead atoms. The van der Waals surface area contributed by atoms with Gasteiger partial charge in [-0.15, -0.1) is 12.4 Å². The number of nitrogens with two attached hydrogens (primary N) is 1. The fourth-order valence-corrected chi connectivity index (χ4v) is 5.67. The molecular weight excluding hydrogens is 366 g/mol. The second-order valence-electron chi connectivity index (χ2n) is 8.76. The summed E-state index contributed by atoms with van der Waals surface area (Å²) in [6, 6.07) is 0.296. The number of piperidine rings is 1. The molecule has 2 heterocycles. The normalized spacial score (nSPS) is 36.7. The molecule has 2 saturated carbocycles. The van der Waals surface area contributed by atoms with Crippen molar-refractivity contribution in [1.29, 1.82) is 0 Å². The minimum absolute atomic E-state index is 0. The SMILES string of the molecule is Cl.NC1C2CCCC1CC(C(=O)N1CCCC(C(=O)N3CCOCC3)C1)C2. The summed E-state index contributed by atoms with van der Waals surface area (Å²) in [4.78, 5) is 29.9. The maximum absolute atomic E-state index is 13.2. The highest BCUT2D eigenvalue weighted by molar-refractivity contribution is 5.85. The molecule has 0 aromatic carbocycles. The number of ether oxygens (including phenoxy) is 1. The summed E-state index contributed by atoms with van der Waals surface area (Å²) in [5.74, 6) is 1.64. The summed E-state index contributed by atoms with van der Waals surface area (Å²) in [5, 5.41) is 0. The summed E-state index contributed by atoms with van der Waals surface area (Å²) in [6.07, 6.45) is 7.37. The van der Waals surface area contributed by atoms with E-state index < -0.39 is 0 Å². The molecular formula is C20H34ClN3O3. The van der Waals surface area contributed by atoms with Gasteiger partial charge < -0.3 is 20.3 Å². The van der Waals surface area contributed by atoms with Crippen molar-refractivity contribution in [2.24, 2.45) is 29.4 Å².